The summed E-state index contributed by atoms with van der Waals surface area (Å²) in [6, 6.07) is 18.3. The Labute approximate surface area is 128 Å². The van der Waals surface area contributed by atoms with E-state index in [-0.39, 0.29) is 17.5 Å². The summed E-state index contributed by atoms with van der Waals surface area (Å²) in [4.78, 5) is 23.8. The Bertz CT molecular complexity index is 596. The highest BCUT2D eigenvalue weighted by molar-refractivity contribution is 8.14. The third-order valence-corrected chi connectivity index (χ3v) is 3.65. The number of hydrogen-bond donors (Lipinski definition) is 0. The van der Waals surface area contributed by atoms with Gasteiger partial charge in [0, 0.05) is 5.56 Å². The van der Waals surface area contributed by atoms with Crippen molar-refractivity contribution in [2.75, 3.05) is 0 Å². The molecular weight excluding hydrogens is 284 g/mol. The predicted molar refractivity (Wildman–Crippen MR) is 84.1 cm³/mol. The second kappa shape index (κ2) is 7.64. The Morgan fingerprint density at radius 1 is 1.00 bits per heavy atom. The molecule has 108 valence electrons. The summed E-state index contributed by atoms with van der Waals surface area (Å²) >= 11 is 1.01. The molecule has 3 nitrogen and oxygen atoms in total. The standard InChI is InChI=1S/C17H16O3S/c1-13(21-17(19)15-10-6-3-7-11-15)20-16(18)12-14-8-4-2-5-9-14/h2-11,13H,12H2,1H3. The van der Waals surface area contributed by atoms with Crippen molar-refractivity contribution in [2.45, 2.75) is 18.8 Å². The third kappa shape index (κ3) is 5.08. The molecule has 0 radical (unpaired) electrons. The minimum Gasteiger partial charge on any atom is -0.451 e. The van der Waals surface area contributed by atoms with E-state index in [1.54, 1.807) is 31.2 Å². The molecule has 1 unspecified atom stereocenters. The van der Waals surface area contributed by atoms with Gasteiger partial charge >= 0.3 is 5.97 Å². The number of carbonyl (C=O) groups is 2. The molecule has 0 bridgehead atoms. The summed E-state index contributed by atoms with van der Waals surface area (Å²) in [6.45, 7) is 1.70. The van der Waals surface area contributed by atoms with Crippen molar-refractivity contribution in [3.05, 3.63) is 71.8 Å². The fraction of sp³-hybridized carbons (Fsp3) is 0.176. The zero-order valence-corrected chi connectivity index (χ0v) is 12.5. The minimum atomic E-state index is -0.506. The largest absolute Gasteiger partial charge is 0.451 e. The van der Waals surface area contributed by atoms with Crippen LogP contribution in [0.25, 0.3) is 0 Å². The van der Waals surface area contributed by atoms with Gasteiger partial charge in [0.1, 0.15) is 0 Å². The summed E-state index contributed by atoms with van der Waals surface area (Å²) in [6.07, 6.45) is 0.214. The second-order valence-electron chi connectivity index (χ2n) is 4.49. The van der Waals surface area contributed by atoms with Crippen LogP contribution >= 0.6 is 11.8 Å². The van der Waals surface area contributed by atoms with E-state index >= 15 is 0 Å². The molecule has 0 aliphatic rings. The molecule has 0 amide bonds. The molecule has 0 aliphatic carbocycles. The van der Waals surface area contributed by atoms with Crippen LogP contribution in [-0.2, 0) is 16.0 Å². The number of benzene rings is 2. The number of carbonyl (C=O) groups excluding carboxylic acids is 2. The molecule has 0 N–H and O–H groups in total. The van der Waals surface area contributed by atoms with E-state index in [2.05, 4.69) is 0 Å². The molecular formula is C17H16O3S. The average Bonchev–Trinajstić information content (AvgIpc) is 2.48. The van der Waals surface area contributed by atoms with E-state index in [4.69, 9.17) is 4.74 Å². The number of rotatable bonds is 5. The van der Waals surface area contributed by atoms with Crippen LogP contribution in [0.4, 0.5) is 0 Å². The summed E-state index contributed by atoms with van der Waals surface area (Å²) in [7, 11) is 0. The van der Waals surface area contributed by atoms with Gasteiger partial charge in [0.05, 0.1) is 6.42 Å². The predicted octanol–water partition coefficient (Wildman–Crippen LogP) is 3.69. The molecule has 2 aromatic carbocycles. The van der Waals surface area contributed by atoms with Gasteiger partial charge in [-0.3, -0.25) is 9.59 Å². The fourth-order valence-corrected chi connectivity index (χ4v) is 2.54. The van der Waals surface area contributed by atoms with E-state index in [9.17, 15) is 9.59 Å². The van der Waals surface area contributed by atoms with E-state index in [0.29, 0.717) is 5.56 Å². The molecule has 0 aromatic heterocycles. The number of ether oxygens (including phenoxy) is 1. The Kier molecular flexibility index (Phi) is 5.58. The van der Waals surface area contributed by atoms with Crippen LogP contribution < -0.4 is 0 Å². The zero-order valence-electron chi connectivity index (χ0n) is 11.7. The van der Waals surface area contributed by atoms with Gasteiger partial charge < -0.3 is 4.74 Å². The Balaban J connectivity index is 1.83. The maximum Gasteiger partial charge on any atom is 0.311 e. The highest BCUT2D eigenvalue weighted by atomic mass is 32.2. The lowest BCUT2D eigenvalue weighted by Crippen LogP contribution is -2.15. The second-order valence-corrected chi connectivity index (χ2v) is 5.76. The van der Waals surface area contributed by atoms with Gasteiger partial charge in [-0.25, -0.2) is 0 Å². The van der Waals surface area contributed by atoms with E-state index in [1.165, 1.54) is 0 Å². The molecule has 4 heteroatoms. The Morgan fingerprint density at radius 3 is 2.19 bits per heavy atom. The van der Waals surface area contributed by atoms with E-state index in [1.807, 2.05) is 36.4 Å². The van der Waals surface area contributed by atoms with Crippen molar-refractivity contribution < 1.29 is 14.3 Å². The van der Waals surface area contributed by atoms with Crippen LogP contribution in [-0.4, -0.2) is 16.5 Å². The van der Waals surface area contributed by atoms with Crippen molar-refractivity contribution in [1.82, 2.24) is 0 Å². The molecule has 0 aliphatic heterocycles. The summed E-state index contributed by atoms with van der Waals surface area (Å²) < 4.78 is 5.25. The van der Waals surface area contributed by atoms with Gasteiger partial charge in [-0.15, -0.1) is 0 Å². The highest BCUT2D eigenvalue weighted by Crippen LogP contribution is 2.19. The maximum absolute atomic E-state index is 12.0. The van der Waals surface area contributed by atoms with Crippen LogP contribution in [0.15, 0.2) is 60.7 Å². The molecule has 0 fully saturated rings. The van der Waals surface area contributed by atoms with Crippen molar-refractivity contribution in [2.24, 2.45) is 0 Å². The topological polar surface area (TPSA) is 43.4 Å². The van der Waals surface area contributed by atoms with Crippen molar-refractivity contribution in [1.29, 1.82) is 0 Å². The van der Waals surface area contributed by atoms with Gasteiger partial charge in [-0.1, -0.05) is 60.7 Å². The molecule has 21 heavy (non-hydrogen) atoms. The van der Waals surface area contributed by atoms with Crippen LogP contribution in [0, 0.1) is 0 Å². The van der Waals surface area contributed by atoms with E-state index < -0.39 is 5.44 Å². The molecule has 0 spiro atoms. The van der Waals surface area contributed by atoms with Crippen LogP contribution in [0.1, 0.15) is 22.8 Å². The number of thioether (sulfide) groups is 1. The quantitative estimate of drug-likeness (QED) is 0.624. The Morgan fingerprint density at radius 2 is 1.57 bits per heavy atom. The normalized spacial score (nSPS) is 11.7. The monoisotopic (exact) mass is 300 g/mol. The molecule has 2 rings (SSSR count). The summed E-state index contributed by atoms with van der Waals surface area (Å²) in [5.74, 6) is -0.331. The lowest BCUT2D eigenvalue weighted by molar-refractivity contribution is -0.143. The third-order valence-electron chi connectivity index (χ3n) is 2.77. The molecule has 1 atom stereocenters. The lowest BCUT2D eigenvalue weighted by Gasteiger charge is -2.12. The molecule has 0 saturated carbocycles. The van der Waals surface area contributed by atoms with Gasteiger partial charge in [-0.05, 0) is 24.2 Å². The average molecular weight is 300 g/mol. The first-order valence-corrected chi connectivity index (χ1v) is 7.52. The molecule has 2 aromatic rings. The summed E-state index contributed by atoms with van der Waals surface area (Å²) in [5, 5.41) is -0.101. The van der Waals surface area contributed by atoms with Gasteiger partial charge in [0.2, 0.25) is 5.12 Å². The SMILES string of the molecule is CC(OC(=O)Cc1ccccc1)SC(=O)c1ccccc1. The highest BCUT2D eigenvalue weighted by Gasteiger charge is 2.16. The van der Waals surface area contributed by atoms with Gasteiger partial charge in [0.25, 0.3) is 0 Å². The lowest BCUT2D eigenvalue weighted by atomic mass is 10.2. The van der Waals surface area contributed by atoms with Crippen molar-refractivity contribution in [3.63, 3.8) is 0 Å². The first-order valence-electron chi connectivity index (χ1n) is 6.64. The molecule has 0 saturated heterocycles. The molecule has 0 heterocycles. The van der Waals surface area contributed by atoms with Crippen LogP contribution in [0.3, 0.4) is 0 Å². The number of esters is 1. The smallest absolute Gasteiger partial charge is 0.311 e. The van der Waals surface area contributed by atoms with Crippen LogP contribution in [0.2, 0.25) is 0 Å². The zero-order chi connectivity index (χ0) is 15.1. The fourth-order valence-electron chi connectivity index (χ4n) is 1.81. The number of hydrogen-bond acceptors (Lipinski definition) is 4. The van der Waals surface area contributed by atoms with Crippen LogP contribution in [0.5, 0.6) is 0 Å². The first-order chi connectivity index (χ1) is 10.1. The summed E-state index contributed by atoms with van der Waals surface area (Å²) in [5.41, 5.74) is 0.997. The minimum absolute atomic E-state index is 0.101. The van der Waals surface area contributed by atoms with Gasteiger partial charge in [-0.2, -0.15) is 0 Å². The van der Waals surface area contributed by atoms with Crippen molar-refractivity contribution in [3.8, 4) is 0 Å². The maximum atomic E-state index is 12.0. The van der Waals surface area contributed by atoms with Crippen molar-refractivity contribution >= 4 is 22.8 Å². The first kappa shape index (κ1) is 15.3. The Hall–Kier alpha value is -2.07. The van der Waals surface area contributed by atoms with E-state index in [0.717, 1.165) is 17.3 Å². The van der Waals surface area contributed by atoms with Gasteiger partial charge in [0.15, 0.2) is 5.44 Å².